The van der Waals surface area contributed by atoms with Crippen molar-refractivity contribution in [3.05, 3.63) is 63.4 Å². The van der Waals surface area contributed by atoms with Gasteiger partial charge in [0.1, 0.15) is 0 Å². The third-order valence-corrected chi connectivity index (χ3v) is 3.82. The van der Waals surface area contributed by atoms with Crippen molar-refractivity contribution in [2.75, 3.05) is 0 Å². The highest BCUT2D eigenvalue weighted by Gasteiger charge is 2.13. The van der Waals surface area contributed by atoms with E-state index >= 15 is 0 Å². The van der Waals surface area contributed by atoms with Crippen LogP contribution in [-0.4, -0.2) is 4.98 Å². The molecule has 1 heterocycles. The van der Waals surface area contributed by atoms with Crippen LogP contribution < -0.4 is 11.3 Å². The van der Waals surface area contributed by atoms with Gasteiger partial charge in [-0.05, 0) is 48.2 Å². The van der Waals surface area contributed by atoms with Gasteiger partial charge in [0.2, 0.25) is 0 Å². The van der Waals surface area contributed by atoms with Gasteiger partial charge in [0.15, 0.2) is 0 Å². The van der Waals surface area contributed by atoms with Crippen LogP contribution in [0.4, 0.5) is 0 Å². The summed E-state index contributed by atoms with van der Waals surface area (Å²) in [6, 6.07) is 7.56. The average molecular weight is 296 g/mol. The molecule has 0 fully saturated rings. The summed E-state index contributed by atoms with van der Waals surface area (Å²) in [5.74, 6) is 5.65. The number of rotatable bonds is 4. The van der Waals surface area contributed by atoms with Crippen LogP contribution in [-0.2, 0) is 6.42 Å². The van der Waals surface area contributed by atoms with Crippen LogP contribution in [0.25, 0.3) is 0 Å². The van der Waals surface area contributed by atoms with Gasteiger partial charge >= 0.3 is 0 Å². The summed E-state index contributed by atoms with van der Waals surface area (Å²) in [4.78, 5) is 4.14. The Morgan fingerprint density at radius 1 is 1.26 bits per heavy atom. The van der Waals surface area contributed by atoms with Gasteiger partial charge in [0, 0.05) is 12.4 Å². The molecular weight excluding hydrogens is 281 g/mol. The van der Waals surface area contributed by atoms with Crippen molar-refractivity contribution >= 4 is 23.2 Å². The van der Waals surface area contributed by atoms with Gasteiger partial charge in [-0.1, -0.05) is 29.3 Å². The number of nitrogens with zero attached hydrogens (tertiary/aromatic N) is 1. The fourth-order valence-electron chi connectivity index (χ4n) is 2.00. The van der Waals surface area contributed by atoms with Crippen LogP contribution in [0.1, 0.15) is 22.7 Å². The van der Waals surface area contributed by atoms with Crippen LogP contribution in [0, 0.1) is 6.92 Å². The van der Waals surface area contributed by atoms with Crippen molar-refractivity contribution in [1.82, 2.24) is 10.4 Å². The number of benzene rings is 1. The number of pyridine rings is 1. The highest BCUT2D eigenvalue weighted by Crippen LogP contribution is 2.26. The third-order valence-electron chi connectivity index (χ3n) is 3.08. The number of hydrogen-bond acceptors (Lipinski definition) is 3. The Morgan fingerprint density at radius 3 is 2.68 bits per heavy atom. The lowest BCUT2D eigenvalue weighted by Gasteiger charge is -2.18. The molecular formula is C14H15Cl2N3. The number of halogens is 2. The summed E-state index contributed by atoms with van der Waals surface area (Å²) in [7, 11) is 0. The molecule has 100 valence electrons. The molecule has 2 rings (SSSR count). The number of hydrazine groups is 1. The topological polar surface area (TPSA) is 50.9 Å². The second kappa shape index (κ2) is 6.35. The van der Waals surface area contributed by atoms with E-state index in [4.69, 9.17) is 29.0 Å². The Morgan fingerprint density at radius 2 is 2.05 bits per heavy atom. The molecule has 0 aliphatic rings. The van der Waals surface area contributed by atoms with Crippen LogP contribution in [0.15, 0.2) is 36.7 Å². The number of aryl methyl sites for hydroxylation is 1. The first-order valence-corrected chi connectivity index (χ1v) is 6.68. The van der Waals surface area contributed by atoms with Gasteiger partial charge in [-0.3, -0.25) is 16.3 Å². The zero-order valence-electron chi connectivity index (χ0n) is 10.5. The number of nitrogens with two attached hydrogens (primary N) is 1. The van der Waals surface area contributed by atoms with Crippen molar-refractivity contribution in [3.8, 4) is 0 Å². The molecule has 2 aromatic rings. The molecule has 0 saturated carbocycles. The van der Waals surface area contributed by atoms with E-state index < -0.39 is 0 Å². The molecule has 5 heteroatoms. The lowest BCUT2D eigenvalue weighted by Crippen LogP contribution is -2.30. The predicted molar refractivity (Wildman–Crippen MR) is 79.2 cm³/mol. The first kappa shape index (κ1) is 14.3. The number of nitrogens with one attached hydrogen (secondary N) is 1. The minimum Gasteiger partial charge on any atom is -0.271 e. The molecule has 1 aromatic heterocycles. The molecule has 19 heavy (non-hydrogen) atoms. The zero-order chi connectivity index (χ0) is 13.8. The molecule has 3 N–H and O–H groups in total. The minimum absolute atomic E-state index is 0.00839. The van der Waals surface area contributed by atoms with Crippen LogP contribution >= 0.6 is 23.2 Å². The molecule has 0 spiro atoms. The molecule has 1 atom stereocenters. The highest BCUT2D eigenvalue weighted by molar-refractivity contribution is 6.42. The smallest absolute Gasteiger partial charge is 0.0595 e. The Bertz CT molecular complexity index is 572. The lowest BCUT2D eigenvalue weighted by molar-refractivity contribution is 0.547. The average Bonchev–Trinajstić information content (AvgIpc) is 2.41. The molecule has 3 nitrogen and oxygen atoms in total. The van der Waals surface area contributed by atoms with Crippen molar-refractivity contribution in [1.29, 1.82) is 0 Å². The Labute approximate surface area is 122 Å². The summed E-state index contributed by atoms with van der Waals surface area (Å²) in [5.41, 5.74) is 6.13. The quantitative estimate of drug-likeness (QED) is 0.671. The molecule has 0 aliphatic carbocycles. The summed E-state index contributed by atoms with van der Waals surface area (Å²) in [6.07, 6.45) is 4.32. The second-order valence-electron chi connectivity index (χ2n) is 4.40. The van der Waals surface area contributed by atoms with E-state index in [2.05, 4.69) is 10.4 Å². The summed E-state index contributed by atoms with van der Waals surface area (Å²) < 4.78 is 0. The summed E-state index contributed by atoms with van der Waals surface area (Å²) in [6.45, 7) is 2.04. The minimum atomic E-state index is -0.00839. The molecule has 1 unspecified atom stereocenters. The van der Waals surface area contributed by atoms with E-state index in [9.17, 15) is 0 Å². The van der Waals surface area contributed by atoms with Crippen LogP contribution in [0.5, 0.6) is 0 Å². The summed E-state index contributed by atoms with van der Waals surface area (Å²) in [5, 5.41) is 1.11. The van der Waals surface area contributed by atoms with E-state index in [1.165, 1.54) is 0 Å². The van der Waals surface area contributed by atoms with Gasteiger partial charge < -0.3 is 0 Å². The molecule has 0 amide bonds. The fourth-order valence-corrected chi connectivity index (χ4v) is 2.32. The van der Waals surface area contributed by atoms with E-state index in [1.54, 1.807) is 12.3 Å². The van der Waals surface area contributed by atoms with Gasteiger partial charge in [0.25, 0.3) is 0 Å². The van der Waals surface area contributed by atoms with Gasteiger partial charge in [0.05, 0.1) is 16.1 Å². The van der Waals surface area contributed by atoms with E-state index in [1.807, 2.05) is 31.3 Å². The first-order chi connectivity index (χ1) is 9.11. The maximum atomic E-state index is 6.02. The maximum absolute atomic E-state index is 6.02. The van der Waals surface area contributed by atoms with Gasteiger partial charge in [-0.2, -0.15) is 0 Å². The van der Waals surface area contributed by atoms with Crippen LogP contribution in [0.3, 0.4) is 0 Å². The molecule has 0 saturated heterocycles. The van der Waals surface area contributed by atoms with Gasteiger partial charge in [-0.15, -0.1) is 0 Å². The largest absolute Gasteiger partial charge is 0.271 e. The first-order valence-electron chi connectivity index (χ1n) is 5.92. The SMILES string of the molecule is Cc1ccncc1C(Cc1ccc(Cl)c(Cl)c1)NN. The third kappa shape index (κ3) is 3.45. The predicted octanol–water partition coefficient (Wildman–Crippen LogP) is 3.44. The van der Waals surface area contributed by atoms with Crippen LogP contribution in [0.2, 0.25) is 10.0 Å². The fraction of sp³-hybridized carbons (Fsp3) is 0.214. The number of hydrogen-bond donors (Lipinski definition) is 2. The van der Waals surface area contributed by atoms with E-state index in [0.717, 1.165) is 23.1 Å². The van der Waals surface area contributed by atoms with Crippen molar-refractivity contribution < 1.29 is 0 Å². The Kier molecular flexibility index (Phi) is 4.77. The highest BCUT2D eigenvalue weighted by atomic mass is 35.5. The summed E-state index contributed by atoms with van der Waals surface area (Å²) >= 11 is 11.9. The van der Waals surface area contributed by atoms with Gasteiger partial charge in [-0.25, -0.2) is 0 Å². The van der Waals surface area contributed by atoms with Crippen molar-refractivity contribution in [2.45, 2.75) is 19.4 Å². The zero-order valence-corrected chi connectivity index (χ0v) is 12.0. The molecule has 0 bridgehead atoms. The van der Waals surface area contributed by atoms with E-state index in [0.29, 0.717) is 10.0 Å². The van der Waals surface area contributed by atoms with Crippen molar-refractivity contribution in [2.24, 2.45) is 5.84 Å². The molecule has 1 aromatic carbocycles. The Hall–Kier alpha value is -1.13. The number of aromatic nitrogens is 1. The maximum Gasteiger partial charge on any atom is 0.0595 e. The Balaban J connectivity index is 2.24. The molecule has 0 aliphatic heterocycles. The molecule has 0 radical (unpaired) electrons. The van der Waals surface area contributed by atoms with Crippen molar-refractivity contribution in [3.63, 3.8) is 0 Å². The normalized spacial score (nSPS) is 12.4. The lowest BCUT2D eigenvalue weighted by atomic mass is 9.97. The second-order valence-corrected chi connectivity index (χ2v) is 5.22. The monoisotopic (exact) mass is 295 g/mol. The standard InChI is InChI=1S/C14H15Cl2N3/c1-9-4-5-18-8-11(9)14(19-17)7-10-2-3-12(15)13(16)6-10/h2-6,8,14,19H,7,17H2,1H3. The van der Waals surface area contributed by atoms with E-state index in [-0.39, 0.29) is 6.04 Å².